The van der Waals surface area contributed by atoms with E-state index in [1.165, 1.54) is 16.0 Å². The lowest BCUT2D eigenvalue weighted by Crippen LogP contribution is -2.42. The second kappa shape index (κ2) is 8.31. The van der Waals surface area contributed by atoms with Gasteiger partial charge in [-0.3, -0.25) is 4.90 Å². The predicted molar refractivity (Wildman–Crippen MR) is 108 cm³/mol. The number of amides is 1. The van der Waals surface area contributed by atoms with Crippen molar-refractivity contribution >= 4 is 17.4 Å². The van der Waals surface area contributed by atoms with Crippen LogP contribution in [0.25, 0.3) is 0 Å². The Bertz CT molecular complexity index is 764. The molecule has 1 aliphatic rings. The molecule has 0 aliphatic carbocycles. The first-order valence-electron chi connectivity index (χ1n) is 9.26. The van der Waals surface area contributed by atoms with Gasteiger partial charge in [-0.2, -0.15) is 0 Å². The minimum atomic E-state index is -0.493. The number of benzene rings is 1. The predicted octanol–water partition coefficient (Wildman–Crippen LogP) is 4.38. The minimum Gasteiger partial charge on any atom is -0.497 e. The van der Waals surface area contributed by atoms with Crippen LogP contribution in [0.3, 0.4) is 0 Å². The standard InChI is InChI=1S/C21H28N2O3S/c1-21(2,3)26-20(24)22-13-18-19-16(10-12-27-19)9-11-23(18)14-15-5-7-17(25-4)8-6-15/h5-8,10,12,18H,9,11,13-14H2,1-4H3,(H,22,24). The Morgan fingerprint density at radius 2 is 2.00 bits per heavy atom. The SMILES string of the molecule is COc1ccc(CN2CCc3ccsc3C2CNC(=O)OC(C)(C)C)cc1. The molecule has 1 amide bonds. The van der Waals surface area contributed by atoms with E-state index in [-0.39, 0.29) is 12.1 Å². The van der Waals surface area contributed by atoms with Crippen LogP contribution < -0.4 is 10.1 Å². The van der Waals surface area contributed by atoms with Crippen molar-refractivity contribution in [2.75, 3.05) is 20.2 Å². The minimum absolute atomic E-state index is 0.156. The average Bonchev–Trinajstić information content (AvgIpc) is 3.08. The molecule has 6 heteroatoms. The van der Waals surface area contributed by atoms with Crippen molar-refractivity contribution in [1.29, 1.82) is 0 Å². The molecule has 0 bridgehead atoms. The van der Waals surface area contributed by atoms with Gasteiger partial charge in [0.15, 0.2) is 0 Å². The van der Waals surface area contributed by atoms with Crippen LogP contribution in [0.2, 0.25) is 0 Å². The smallest absolute Gasteiger partial charge is 0.407 e. The summed E-state index contributed by atoms with van der Waals surface area (Å²) < 4.78 is 10.6. The van der Waals surface area contributed by atoms with Gasteiger partial charge < -0.3 is 14.8 Å². The van der Waals surface area contributed by atoms with Gasteiger partial charge >= 0.3 is 6.09 Å². The molecule has 2 aromatic rings. The number of nitrogens with one attached hydrogen (secondary N) is 1. The highest BCUT2D eigenvalue weighted by molar-refractivity contribution is 7.10. The molecule has 1 aromatic heterocycles. The molecule has 146 valence electrons. The van der Waals surface area contributed by atoms with Gasteiger partial charge in [0.05, 0.1) is 13.2 Å². The largest absolute Gasteiger partial charge is 0.497 e. The van der Waals surface area contributed by atoms with Crippen molar-refractivity contribution in [3.05, 3.63) is 51.7 Å². The second-order valence-electron chi connectivity index (χ2n) is 7.78. The van der Waals surface area contributed by atoms with Gasteiger partial charge in [-0.15, -0.1) is 11.3 Å². The van der Waals surface area contributed by atoms with Crippen LogP contribution in [0.5, 0.6) is 5.75 Å². The number of hydrogen-bond acceptors (Lipinski definition) is 5. The molecule has 1 N–H and O–H groups in total. The molecule has 1 atom stereocenters. The van der Waals surface area contributed by atoms with Crippen molar-refractivity contribution in [1.82, 2.24) is 10.2 Å². The molecule has 0 saturated carbocycles. The number of alkyl carbamates (subject to hydrolysis) is 1. The van der Waals surface area contributed by atoms with Crippen molar-refractivity contribution in [3.63, 3.8) is 0 Å². The normalized spacial score (nSPS) is 17.3. The summed E-state index contributed by atoms with van der Waals surface area (Å²) in [7, 11) is 1.68. The van der Waals surface area contributed by atoms with E-state index in [1.54, 1.807) is 18.4 Å². The third-order valence-corrected chi connectivity index (χ3v) is 5.64. The summed E-state index contributed by atoms with van der Waals surface area (Å²) in [6, 6.07) is 10.5. The Labute approximate surface area is 165 Å². The number of thiophene rings is 1. The number of carbonyl (C=O) groups excluding carboxylic acids is 1. The van der Waals surface area contributed by atoms with Crippen LogP contribution in [0, 0.1) is 0 Å². The molecule has 3 rings (SSSR count). The van der Waals surface area contributed by atoms with Crippen molar-refractivity contribution in [2.45, 2.75) is 45.4 Å². The molecule has 0 saturated heterocycles. The first-order chi connectivity index (χ1) is 12.9. The number of ether oxygens (including phenoxy) is 2. The summed E-state index contributed by atoms with van der Waals surface area (Å²) in [5.41, 5.74) is 2.13. The molecule has 5 nitrogen and oxygen atoms in total. The highest BCUT2D eigenvalue weighted by Crippen LogP contribution is 2.34. The summed E-state index contributed by atoms with van der Waals surface area (Å²) in [4.78, 5) is 15.9. The summed E-state index contributed by atoms with van der Waals surface area (Å²) >= 11 is 1.76. The summed E-state index contributed by atoms with van der Waals surface area (Å²) in [5.74, 6) is 0.862. The number of fused-ring (bicyclic) bond motifs is 1. The second-order valence-corrected chi connectivity index (χ2v) is 8.72. The Kier molecular flexibility index (Phi) is 6.07. The molecule has 1 aromatic carbocycles. The summed E-state index contributed by atoms with van der Waals surface area (Å²) in [6.07, 6.45) is 0.674. The molecule has 1 unspecified atom stereocenters. The average molecular weight is 389 g/mol. The fraction of sp³-hybridized carbons (Fsp3) is 0.476. The fourth-order valence-electron chi connectivity index (χ4n) is 3.30. The lowest BCUT2D eigenvalue weighted by molar-refractivity contribution is 0.0502. The highest BCUT2D eigenvalue weighted by Gasteiger charge is 2.29. The van der Waals surface area contributed by atoms with E-state index in [0.717, 1.165) is 25.3 Å². The van der Waals surface area contributed by atoms with E-state index in [1.807, 2.05) is 32.9 Å². The molecule has 0 radical (unpaired) electrons. The van der Waals surface area contributed by atoms with Gasteiger partial charge in [-0.05, 0) is 61.9 Å². The summed E-state index contributed by atoms with van der Waals surface area (Å²) in [6.45, 7) is 7.97. The Hall–Kier alpha value is -2.05. The monoisotopic (exact) mass is 388 g/mol. The molecule has 27 heavy (non-hydrogen) atoms. The van der Waals surface area contributed by atoms with Gasteiger partial charge in [-0.25, -0.2) is 4.79 Å². The first kappa shape index (κ1) is 19.7. The highest BCUT2D eigenvalue weighted by atomic mass is 32.1. The van der Waals surface area contributed by atoms with Crippen LogP contribution in [-0.2, 0) is 17.7 Å². The zero-order chi connectivity index (χ0) is 19.4. The molecule has 0 fully saturated rings. The topological polar surface area (TPSA) is 50.8 Å². The third kappa shape index (κ3) is 5.23. The van der Waals surface area contributed by atoms with E-state index in [0.29, 0.717) is 6.54 Å². The number of methoxy groups -OCH3 is 1. The van der Waals surface area contributed by atoms with Crippen LogP contribution in [0.15, 0.2) is 35.7 Å². The van der Waals surface area contributed by atoms with Crippen molar-refractivity contribution in [2.24, 2.45) is 0 Å². The van der Waals surface area contributed by atoms with Gasteiger partial charge in [-0.1, -0.05) is 12.1 Å². The zero-order valence-electron chi connectivity index (χ0n) is 16.5. The molecule has 0 spiro atoms. The maximum atomic E-state index is 12.1. The van der Waals surface area contributed by atoms with Crippen LogP contribution >= 0.6 is 11.3 Å². The molecule has 1 aliphatic heterocycles. The Morgan fingerprint density at radius 3 is 2.67 bits per heavy atom. The third-order valence-electron chi connectivity index (χ3n) is 4.58. The lowest BCUT2D eigenvalue weighted by atomic mass is 10.0. The van der Waals surface area contributed by atoms with Crippen molar-refractivity contribution < 1.29 is 14.3 Å². The van der Waals surface area contributed by atoms with Crippen LogP contribution in [0.1, 0.15) is 42.8 Å². The van der Waals surface area contributed by atoms with Gasteiger partial charge in [0.25, 0.3) is 0 Å². The van der Waals surface area contributed by atoms with E-state index >= 15 is 0 Å². The Morgan fingerprint density at radius 1 is 1.26 bits per heavy atom. The van der Waals surface area contributed by atoms with E-state index in [9.17, 15) is 4.79 Å². The molecular formula is C21H28N2O3S. The quantitative estimate of drug-likeness (QED) is 0.826. The molecular weight excluding hydrogens is 360 g/mol. The number of nitrogens with zero attached hydrogens (tertiary/aromatic N) is 1. The maximum Gasteiger partial charge on any atom is 0.407 e. The maximum absolute atomic E-state index is 12.1. The van der Waals surface area contributed by atoms with Crippen LogP contribution in [-0.4, -0.2) is 36.8 Å². The van der Waals surface area contributed by atoms with Crippen molar-refractivity contribution in [3.8, 4) is 5.75 Å². The Balaban J connectivity index is 1.71. The van der Waals surface area contributed by atoms with Crippen LogP contribution in [0.4, 0.5) is 4.79 Å². The number of carbonyl (C=O) groups is 1. The summed E-state index contributed by atoms with van der Waals surface area (Å²) in [5, 5.41) is 5.10. The van der Waals surface area contributed by atoms with E-state index in [2.05, 4.69) is 33.8 Å². The lowest BCUT2D eigenvalue weighted by Gasteiger charge is -2.36. The number of rotatable bonds is 5. The molecule has 2 heterocycles. The van der Waals surface area contributed by atoms with E-state index < -0.39 is 5.60 Å². The van der Waals surface area contributed by atoms with Gasteiger partial charge in [0.2, 0.25) is 0 Å². The first-order valence-corrected chi connectivity index (χ1v) is 10.1. The van der Waals surface area contributed by atoms with Gasteiger partial charge in [0.1, 0.15) is 11.4 Å². The number of hydrogen-bond donors (Lipinski definition) is 1. The van der Waals surface area contributed by atoms with Gasteiger partial charge in [0, 0.05) is 24.5 Å². The van der Waals surface area contributed by atoms with E-state index in [4.69, 9.17) is 9.47 Å². The fourth-order valence-corrected chi connectivity index (χ4v) is 4.39. The zero-order valence-corrected chi connectivity index (χ0v) is 17.3.